The number of carbonyl (C=O) groups excluding carboxylic acids is 1. The molecule has 0 atom stereocenters. The number of carbonyl (C=O) groups is 1. The number of amides is 1. The van der Waals surface area contributed by atoms with Crippen molar-refractivity contribution >= 4 is 44.0 Å². The molecule has 1 aromatic heterocycles. The van der Waals surface area contributed by atoms with Crippen LogP contribution in [0.3, 0.4) is 0 Å². The van der Waals surface area contributed by atoms with E-state index in [4.69, 9.17) is 0 Å². The molecule has 0 radical (unpaired) electrons. The van der Waals surface area contributed by atoms with Crippen molar-refractivity contribution in [3.63, 3.8) is 0 Å². The van der Waals surface area contributed by atoms with E-state index >= 15 is 0 Å². The third kappa shape index (κ3) is 2.76. The highest BCUT2D eigenvalue weighted by Crippen LogP contribution is 2.27. The molecule has 4 heteroatoms. The van der Waals surface area contributed by atoms with Gasteiger partial charge in [-0.15, -0.1) is 0 Å². The molecule has 0 bridgehead atoms. The molecule has 1 heterocycles. The van der Waals surface area contributed by atoms with Crippen molar-refractivity contribution in [3.8, 4) is 0 Å². The SMILES string of the molecule is C=C(C(=O)Nc1ccccc1)c1c[nH]c2ccc(Br)cc12. The first kappa shape index (κ1) is 13.6. The molecule has 0 fully saturated rings. The zero-order valence-corrected chi connectivity index (χ0v) is 12.8. The fourth-order valence-electron chi connectivity index (χ4n) is 2.19. The molecular formula is C17H13BrN2O. The van der Waals surface area contributed by atoms with Crippen LogP contribution in [0.25, 0.3) is 16.5 Å². The van der Waals surface area contributed by atoms with Gasteiger partial charge >= 0.3 is 0 Å². The van der Waals surface area contributed by atoms with Gasteiger partial charge in [-0.05, 0) is 30.3 Å². The van der Waals surface area contributed by atoms with E-state index in [1.165, 1.54) is 0 Å². The number of benzene rings is 2. The van der Waals surface area contributed by atoms with E-state index in [-0.39, 0.29) is 5.91 Å². The Labute approximate surface area is 130 Å². The van der Waals surface area contributed by atoms with Gasteiger partial charge in [0.1, 0.15) is 0 Å². The normalized spacial score (nSPS) is 10.5. The van der Waals surface area contributed by atoms with E-state index in [1.807, 2.05) is 54.7 Å². The van der Waals surface area contributed by atoms with Crippen molar-refractivity contribution in [1.29, 1.82) is 0 Å². The molecule has 3 aromatic rings. The van der Waals surface area contributed by atoms with Crippen molar-refractivity contribution in [3.05, 3.63) is 71.3 Å². The summed E-state index contributed by atoms with van der Waals surface area (Å²) >= 11 is 3.45. The Morgan fingerprint density at radius 2 is 1.90 bits per heavy atom. The highest BCUT2D eigenvalue weighted by atomic mass is 79.9. The minimum Gasteiger partial charge on any atom is -0.361 e. The fourth-order valence-corrected chi connectivity index (χ4v) is 2.55. The Morgan fingerprint density at radius 3 is 2.67 bits per heavy atom. The predicted octanol–water partition coefficient (Wildman–Crippen LogP) is 4.58. The van der Waals surface area contributed by atoms with Gasteiger partial charge in [-0.2, -0.15) is 0 Å². The van der Waals surface area contributed by atoms with E-state index in [0.717, 1.165) is 26.6 Å². The van der Waals surface area contributed by atoms with Crippen LogP contribution in [0.1, 0.15) is 5.56 Å². The molecule has 0 aliphatic rings. The lowest BCUT2D eigenvalue weighted by Gasteiger charge is -2.07. The zero-order valence-electron chi connectivity index (χ0n) is 11.2. The first-order valence-corrected chi connectivity index (χ1v) is 7.27. The van der Waals surface area contributed by atoms with Gasteiger partial charge in [-0.1, -0.05) is 40.7 Å². The zero-order chi connectivity index (χ0) is 14.8. The fraction of sp³-hybridized carbons (Fsp3) is 0. The maximum Gasteiger partial charge on any atom is 0.255 e. The van der Waals surface area contributed by atoms with Crippen LogP contribution >= 0.6 is 15.9 Å². The largest absolute Gasteiger partial charge is 0.361 e. The second-order valence-electron chi connectivity index (χ2n) is 4.69. The molecule has 0 aliphatic heterocycles. The van der Waals surface area contributed by atoms with Gasteiger partial charge in [0.2, 0.25) is 0 Å². The molecular weight excluding hydrogens is 328 g/mol. The number of fused-ring (bicyclic) bond motifs is 1. The predicted molar refractivity (Wildman–Crippen MR) is 90.1 cm³/mol. The van der Waals surface area contributed by atoms with E-state index in [2.05, 4.69) is 32.8 Å². The van der Waals surface area contributed by atoms with Gasteiger partial charge < -0.3 is 10.3 Å². The lowest BCUT2D eigenvalue weighted by Crippen LogP contribution is -2.12. The van der Waals surface area contributed by atoms with Crippen LogP contribution in [0.4, 0.5) is 5.69 Å². The van der Waals surface area contributed by atoms with Crippen LogP contribution in [0.2, 0.25) is 0 Å². The molecule has 3 nitrogen and oxygen atoms in total. The number of nitrogens with one attached hydrogen (secondary N) is 2. The van der Waals surface area contributed by atoms with Crippen LogP contribution in [-0.2, 0) is 4.79 Å². The second-order valence-corrected chi connectivity index (χ2v) is 5.61. The average Bonchev–Trinajstić information content (AvgIpc) is 2.90. The van der Waals surface area contributed by atoms with Gasteiger partial charge in [0, 0.05) is 38.4 Å². The van der Waals surface area contributed by atoms with E-state index in [9.17, 15) is 4.79 Å². The summed E-state index contributed by atoms with van der Waals surface area (Å²) in [4.78, 5) is 15.5. The first-order valence-electron chi connectivity index (χ1n) is 6.47. The smallest absolute Gasteiger partial charge is 0.255 e. The number of halogens is 1. The third-order valence-electron chi connectivity index (χ3n) is 3.27. The molecule has 0 unspecified atom stereocenters. The Bertz CT molecular complexity index is 821. The maximum absolute atomic E-state index is 12.3. The molecule has 0 aliphatic carbocycles. The standard InChI is InChI=1S/C17H13BrN2O/c1-11(17(21)20-13-5-3-2-4-6-13)15-10-19-16-8-7-12(18)9-14(15)16/h2-10,19H,1H2,(H,20,21). The average molecular weight is 341 g/mol. The van der Waals surface area contributed by atoms with Crippen LogP contribution in [0, 0.1) is 0 Å². The number of hydrogen-bond acceptors (Lipinski definition) is 1. The van der Waals surface area contributed by atoms with E-state index in [0.29, 0.717) is 5.57 Å². The summed E-state index contributed by atoms with van der Waals surface area (Å²) in [5, 5.41) is 3.82. The van der Waals surface area contributed by atoms with Crippen molar-refractivity contribution < 1.29 is 4.79 Å². The minimum atomic E-state index is -0.206. The van der Waals surface area contributed by atoms with Gasteiger partial charge in [0.25, 0.3) is 5.91 Å². The third-order valence-corrected chi connectivity index (χ3v) is 3.77. The first-order chi connectivity index (χ1) is 10.1. The molecule has 104 valence electrons. The van der Waals surface area contributed by atoms with Crippen molar-refractivity contribution in [2.45, 2.75) is 0 Å². The minimum absolute atomic E-state index is 0.206. The highest BCUT2D eigenvalue weighted by molar-refractivity contribution is 9.10. The summed E-state index contributed by atoms with van der Waals surface area (Å²) in [6.45, 7) is 3.93. The summed E-state index contributed by atoms with van der Waals surface area (Å²) in [7, 11) is 0. The van der Waals surface area contributed by atoms with Crippen LogP contribution in [-0.4, -0.2) is 10.9 Å². The van der Waals surface area contributed by atoms with Gasteiger partial charge in [-0.25, -0.2) is 0 Å². The molecule has 2 aromatic carbocycles. The number of anilines is 1. The Balaban J connectivity index is 1.90. The lowest BCUT2D eigenvalue weighted by molar-refractivity contribution is -0.111. The monoisotopic (exact) mass is 340 g/mol. The lowest BCUT2D eigenvalue weighted by atomic mass is 10.1. The molecule has 1 amide bonds. The van der Waals surface area contributed by atoms with E-state index in [1.54, 1.807) is 0 Å². The van der Waals surface area contributed by atoms with Crippen molar-refractivity contribution in [1.82, 2.24) is 4.98 Å². The molecule has 21 heavy (non-hydrogen) atoms. The quantitative estimate of drug-likeness (QED) is 0.673. The summed E-state index contributed by atoms with van der Waals surface area (Å²) in [5.41, 5.74) is 2.97. The topological polar surface area (TPSA) is 44.9 Å². The van der Waals surface area contributed by atoms with Gasteiger partial charge in [0.15, 0.2) is 0 Å². The Morgan fingerprint density at radius 1 is 1.14 bits per heavy atom. The molecule has 2 N–H and O–H groups in total. The number of hydrogen-bond donors (Lipinski definition) is 2. The van der Waals surface area contributed by atoms with Crippen LogP contribution in [0.15, 0.2) is 65.8 Å². The second kappa shape index (κ2) is 5.58. The summed E-state index contributed by atoms with van der Waals surface area (Å²) in [6, 6.07) is 15.2. The van der Waals surface area contributed by atoms with E-state index < -0.39 is 0 Å². The van der Waals surface area contributed by atoms with Crippen LogP contribution < -0.4 is 5.32 Å². The Kier molecular flexibility index (Phi) is 3.62. The Hall–Kier alpha value is -2.33. The van der Waals surface area contributed by atoms with Gasteiger partial charge in [0.05, 0.1) is 0 Å². The molecule has 0 saturated heterocycles. The summed E-state index contributed by atoms with van der Waals surface area (Å²) < 4.78 is 0.965. The number of para-hydroxylation sites is 1. The van der Waals surface area contributed by atoms with Gasteiger partial charge in [-0.3, -0.25) is 4.79 Å². The summed E-state index contributed by atoms with van der Waals surface area (Å²) in [6.07, 6.45) is 1.81. The summed E-state index contributed by atoms with van der Waals surface area (Å²) in [5.74, 6) is -0.206. The molecule has 3 rings (SSSR count). The van der Waals surface area contributed by atoms with Crippen molar-refractivity contribution in [2.75, 3.05) is 5.32 Å². The number of rotatable bonds is 3. The number of aromatic nitrogens is 1. The molecule has 0 spiro atoms. The maximum atomic E-state index is 12.3. The molecule has 0 saturated carbocycles. The van der Waals surface area contributed by atoms with Crippen LogP contribution in [0.5, 0.6) is 0 Å². The highest BCUT2D eigenvalue weighted by Gasteiger charge is 2.14. The number of H-pyrrole nitrogens is 1. The van der Waals surface area contributed by atoms with Crippen molar-refractivity contribution in [2.24, 2.45) is 0 Å². The number of aromatic amines is 1.